The fourth-order valence-electron chi connectivity index (χ4n) is 3.87. The highest BCUT2D eigenvalue weighted by atomic mass is 16.5. The summed E-state index contributed by atoms with van der Waals surface area (Å²) in [5, 5.41) is 8.89. The van der Waals surface area contributed by atoms with Crippen molar-refractivity contribution in [1.82, 2.24) is 0 Å². The van der Waals surface area contributed by atoms with Crippen molar-refractivity contribution in [3.63, 3.8) is 0 Å². The molecule has 1 heterocycles. The van der Waals surface area contributed by atoms with Gasteiger partial charge in [0.1, 0.15) is 12.4 Å². The van der Waals surface area contributed by atoms with E-state index in [1.165, 1.54) is 0 Å². The van der Waals surface area contributed by atoms with Crippen LogP contribution in [0, 0.1) is 0 Å². The first-order valence-electron chi connectivity index (χ1n) is 11.3. The lowest BCUT2D eigenvalue weighted by Crippen LogP contribution is -2.26. The Balaban J connectivity index is 1.34. The lowest BCUT2D eigenvalue weighted by molar-refractivity contribution is -0.149. The van der Waals surface area contributed by atoms with E-state index in [4.69, 9.17) is 19.3 Å². The first-order valence-corrected chi connectivity index (χ1v) is 11.3. The normalized spacial score (nSPS) is 12.9. The number of aliphatic carboxylic acids is 1. The van der Waals surface area contributed by atoms with Crippen molar-refractivity contribution < 1.29 is 24.1 Å². The van der Waals surface area contributed by atoms with Gasteiger partial charge in [0.05, 0.1) is 17.9 Å². The lowest BCUT2D eigenvalue weighted by atomic mass is 10.1. The quantitative estimate of drug-likeness (QED) is 0.374. The minimum Gasteiger partial charge on any atom is -0.491 e. The van der Waals surface area contributed by atoms with Gasteiger partial charge in [-0.05, 0) is 62.1 Å². The molecule has 1 N–H and O–H groups in total. The predicted molar refractivity (Wildman–Crippen MR) is 128 cm³/mol. The Morgan fingerprint density at radius 3 is 2.24 bits per heavy atom. The van der Waals surface area contributed by atoms with Gasteiger partial charge in [0.15, 0.2) is 17.6 Å². The number of aryl methyl sites for hydroxylation is 1. The summed E-state index contributed by atoms with van der Waals surface area (Å²) in [4.78, 5) is 13.1. The van der Waals surface area contributed by atoms with Crippen LogP contribution in [0.3, 0.4) is 0 Å². The monoisotopic (exact) mass is 447 g/mol. The van der Waals surface area contributed by atoms with Crippen LogP contribution in [-0.4, -0.2) is 36.9 Å². The Morgan fingerprint density at radius 2 is 1.55 bits per heavy atom. The molecule has 1 aliphatic heterocycles. The van der Waals surface area contributed by atoms with Crippen LogP contribution < -0.4 is 14.4 Å². The van der Waals surface area contributed by atoms with Gasteiger partial charge in [-0.3, -0.25) is 0 Å². The average molecular weight is 448 g/mol. The van der Waals surface area contributed by atoms with Gasteiger partial charge < -0.3 is 24.2 Å². The van der Waals surface area contributed by atoms with E-state index in [1.807, 2.05) is 54.6 Å². The van der Waals surface area contributed by atoms with Crippen molar-refractivity contribution in [3.05, 3.63) is 78.4 Å². The number of rotatable bonds is 11. The third-order valence-electron chi connectivity index (χ3n) is 5.63. The largest absolute Gasteiger partial charge is 0.491 e. The Kier molecular flexibility index (Phi) is 7.47. The molecule has 0 aromatic heterocycles. The molecule has 0 fully saturated rings. The second-order valence-corrected chi connectivity index (χ2v) is 7.95. The van der Waals surface area contributed by atoms with Crippen LogP contribution in [0.5, 0.6) is 17.2 Å². The minimum atomic E-state index is -0.931. The summed E-state index contributed by atoms with van der Waals surface area (Å²) in [6, 6.07) is 24.1. The van der Waals surface area contributed by atoms with Crippen molar-refractivity contribution in [3.8, 4) is 17.2 Å². The summed E-state index contributed by atoms with van der Waals surface area (Å²) in [5.41, 5.74) is 3.21. The molecule has 4 rings (SSSR count). The van der Waals surface area contributed by atoms with Gasteiger partial charge in [0, 0.05) is 6.61 Å². The van der Waals surface area contributed by atoms with Gasteiger partial charge >= 0.3 is 5.97 Å². The van der Waals surface area contributed by atoms with E-state index in [0.717, 1.165) is 53.4 Å². The highest BCUT2D eigenvalue weighted by molar-refractivity contribution is 5.77. The maximum absolute atomic E-state index is 10.8. The molecular formula is C27H29NO5. The van der Waals surface area contributed by atoms with E-state index >= 15 is 0 Å². The van der Waals surface area contributed by atoms with Gasteiger partial charge in [-0.1, -0.05) is 42.5 Å². The van der Waals surface area contributed by atoms with Gasteiger partial charge in [-0.2, -0.15) is 0 Å². The zero-order valence-electron chi connectivity index (χ0n) is 18.8. The Labute approximate surface area is 194 Å². The molecule has 6 heteroatoms. The molecule has 0 aliphatic carbocycles. The fourth-order valence-corrected chi connectivity index (χ4v) is 3.87. The van der Waals surface area contributed by atoms with Crippen LogP contribution in [0.2, 0.25) is 0 Å². The number of hydrogen-bond acceptors (Lipinski definition) is 5. The van der Waals surface area contributed by atoms with Crippen LogP contribution in [0.25, 0.3) is 0 Å². The molecule has 172 valence electrons. The number of carbonyl (C=O) groups is 1. The number of hydrogen-bond donors (Lipinski definition) is 1. The molecule has 0 radical (unpaired) electrons. The van der Waals surface area contributed by atoms with Crippen molar-refractivity contribution >= 4 is 17.3 Å². The maximum atomic E-state index is 10.8. The lowest BCUT2D eigenvalue weighted by Gasteiger charge is -2.32. The summed E-state index contributed by atoms with van der Waals surface area (Å²) in [7, 11) is 0. The summed E-state index contributed by atoms with van der Waals surface area (Å²) in [6.07, 6.45) is 1.78. The van der Waals surface area contributed by atoms with E-state index in [9.17, 15) is 4.79 Å². The topological polar surface area (TPSA) is 68.2 Å². The molecule has 0 spiro atoms. The fraction of sp³-hybridized carbons (Fsp3) is 0.296. The Morgan fingerprint density at radius 1 is 0.909 bits per heavy atom. The SMILES string of the molecule is CC(OCCCCc1ccccc1OCCN1c2ccccc2Oc2ccccc21)C(=O)O. The number of unbranched alkanes of at least 4 members (excludes halogenated alkanes) is 1. The first kappa shape index (κ1) is 22.7. The van der Waals surface area contributed by atoms with Crippen molar-refractivity contribution in [1.29, 1.82) is 0 Å². The number of carboxylic acid groups (broad SMARTS) is 1. The van der Waals surface area contributed by atoms with Crippen LogP contribution >= 0.6 is 0 Å². The molecule has 1 atom stereocenters. The molecule has 0 amide bonds. The molecule has 33 heavy (non-hydrogen) atoms. The van der Waals surface area contributed by atoms with Gasteiger partial charge in [0.25, 0.3) is 0 Å². The van der Waals surface area contributed by atoms with E-state index < -0.39 is 12.1 Å². The molecule has 6 nitrogen and oxygen atoms in total. The molecule has 3 aromatic carbocycles. The molecule has 3 aromatic rings. The number of fused-ring (bicyclic) bond motifs is 2. The van der Waals surface area contributed by atoms with E-state index in [1.54, 1.807) is 6.92 Å². The smallest absolute Gasteiger partial charge is 0.332 e. The van der Waals surface area contributed by atoms with Crippen LogP contribution in [0.4, 0.5) is 11.4 Å². The summed E-state index contributed by atoms with van der Waals surface area (Å²) < 4.78 is 17.6. The molecule has 0 bridgehead atoms. The molecule has 1 aliphatic rings. The number of nitrogens with zero attached hydrogens (tertiary/aromatic N) is 1. The van der Waals surface area contributed by atoms with Crippen molar-refractivity contribution in [2.45, 2.75) is 32.3 Å². The second kappa shape index (κ2) is 10.9. The van der Waals surface area contributed by atoms with Crippen LogP contribution in [0.15, 0.2) is 72.8 Å². The third-order valence-corrected chi connectivity index (χ3v) is 5.63. The number of ether oxygens (including phenoxy) is 3. The number of anilines is 2. The van der Waals surface area contributed by atoms with E-state index in [0.29, 0.717) is 19.8 Å². The summed E-state index contributed by atoms with van der Waals surface area (Å²) >= 11 is 0. The molecule has 0 saturated carbocycles. The highest BCUT2D eigenvalue weighted by Crippen LogP contribution is 2.45. The van der Waals surface area contributed by atoms with E-state index in [-0.39, 0.29) is 0 Å². The van der Waals surface area contributed by atoms with Crippen molar-refractivity contribution in [2.24, 2.45) is 0 Å². The highest BCUT2D eigenvalue weighted by Gasteiger charge is 2.23. The molecule has 1 unspecified atom stereocenters. The summed E-state index contributed by atoms with van der Waals surface area (Å²) in [6.45, 7) is 3.20. The number of para-hydroxylation sites is 5. The van der Waals surface area contributed by atoms with Crippen LogP contribution in [0.1, 0.15) is 25.3 Å². The van der Waals surface area contributed by atoms with Gasteiger partial charge in [-0.25, -0.2) is 4.79 Å². The second-order valence-electron chi connectivity index (χ2n) is 7.95. The number of carboxylic acids is 1. The molecular weight excluding hydrogens is 418 g/mol. The zero-order valence-corrected chi connectivity index (χ0v) is 18.8. The van der Waals surface area contributed by atoms with Gasteiger partial charge in [-0.15, -0.1) is 0 Å². The first-order chi connectivity index (χ1) is 16.1. The minimum absolute atomic E-state index is 0.437. The van der Waals surface area contributed by atoms with E-state index in [2.05, 4.69) is 23.1 Å². The zero-order chi connectivity index (χ0) is 23.0. The third kappa shape index (κ3) is 5.65. The maximum Gasteiger partial charge on any atom is 0.332 e. The van der Waals surface area contributed by atoms with Gasteiger partial charge in [0.2, 0.25) is 0 Å². The van der Waals surface area contributed by atoms with Crippen LogP contribution in [-0.2, 0) is 16.0 Å². The predicted octanol–water partition coefficient (Wildman–Crippen LogP) is 5.82. The Hall–Kier alpha value is -3.51. The van der Waals surface area contributed by atoms with Crippen molar-refractivity contribution in [2.75, 3.05) is 24.7 Å². The summed E-state index contributed by atoms with van der Waals surface area (Å²) in [5.74, 6) is 1.64. The molecule has 0 saturated heterocycles. The standard InChI is InChI=1S/C27H29NO5/c1-20(27(29)30)31-18-9-8-11-21-10-2-5-14-24(21)32-19-17-28-22-12-3-6-15-25(22)33-26-16-7-4-13-23(26)28/h2-7,10,12-16,20H,8-9,11,17-19H2,1H3,(H,29,30). The Bertz CT molecular complexity index is 1040. The average Bonchev–Trinajstić information content (AvgIpc) is 2.84. The number of benzene rings is 3.